The molecule has 30 heavy (non-hydrogen) atoms. The van der Waals surface area contributed by atoms with E-state index in [1.54, 1.807) is 6.92 Å². The molecule has 3 atom stereocenters. The number of benzene rings is 1. The average Bonchev–Trinajstić information content (AvgIpc) is 3.26. The van der Waals surface area contributed by atoms with Gasteiger partial charge >= 0.3 is 18.0 Å². The van der Waals surface area contributed by atoms with Gasteiger partial charge < -0.3 is 19.5 Å². The van der Waals surface area contributed by atoms with Crippen molar-refractivity contribution in [2.45, 2.75) is 44.9 Å². The van der Waals surface area contributed by atoms with Crippen molar-refractivity contribution in [3.05, 3.63) is 35.9 Å². The van der Waals surface area contributed by atoms with Gasteiger partial charge in [0.25, 0.3) is 0 Å². The van der Waals surface area contributed by atoms with Crippen molar-refractivity contribution in [2.75, 3.05) is 20.8 Å². The van der Waals surface area contributed by atoms with Crippen molar-refractivity contribution in [1.29, 1.82) is 0 Å². The Balaban J connectivity index is 1.98. The van der Waals surface area contributed by atoms with Crippen LogP contribution in [0.2, 0.25) is 0 Å². The number of methoxy groups -OCH3 is 2. The molecule has 164 valence electrons. The zero-order valence-corrected chi connectivity index (χ0v) is 17.5. The molecule has 9 heteroatoms. The summed E-state index contributed by atoms with van der Waals surface area (Å²) in [6.07, 6.45) is 0.525. The molecule has 1 heterocycles. The van der Waals surface area contributed by atoms with Crippen LogP contribution in [0.15, 0.2) is 30.3 Å². The topological polar surface area (TPSA) is 111 Å². The van der Waals surface area contributed by atoms with Gasteiger partial charge in [-0.1, -0.05) is 37.3 Å². The summed E-state index contributed by atoms with van der Waals surface area (Å²) < 4.78 is 14.7. The first-order chi connectivity index (χ1) is 14.4. The second kappa shape index (κ2) is 11.2. The summed E-state index contributed by atoms with van der Waals surface area (Å²) in [5.74, 6) is -2.27. The molecule has 2 rings (SSSR count). The lowest BCUT2D eigenvalue weighted by Gasteiger charge is -2.26. The van der Waals surface area contributed by atoms with Crippen LogP contribution in [-0.2, 0) is 35.2 Å². The quantitative estimate of drug-likeness (QED) is 0.503. The minimum Gasteiger partial charge on any atom is -0.469 e. The van der Waals surface area contributed by atoms with E-state index in [4.69, 9.17) is 9.47 Å². The summed E-state index contributed by atoms with van der Waals surface area (Å²) >= 11 is 0. The highest BCUT2D eigenvalue weighted by atomic mass is 16.6. The Bertz CT molecular complexity index is 753. The van der Waals surface area contributed by atoms with Gasteiger partial charge in [0.05, 0.1) is 20.1 Å². The van der Waals surface area contributed by atoms with Gasteiger partial charge in [0, 0.05) is 6.54 Å². The first kappa shape index (κ1) is 23.2. The van der Waals surface area contributed by atoms with E-state index < -0.39 is 41.9 Å². The minimum absolute atomic E-state index is 0.0241. The molecule has 1 aliphatic rings. The smallest absolute Gasteiger partial charge is 0.410 e. The molecule has 1 aromatic carbocycles. The monoisotopic (exact) mass is 420 g/mol. The summed E-state index contributed by atoms with van der Waals surface area (Å²) in [7, 11) is 2.45. The molecule has 0 spiro atoms. The fraction of sp³-hybridized carbons (Fsp3) is 0.524. The predicted octanol–water partition coefficient (Wildman–Crippen LogP) is 1.64. The van der Waals surface area contributed by atoms with E-state index in [0.717, 1.165) is 5.56 Å². The van der Waals surface area contributed by atoms with Crippen molar-refractivity contribution < 1.29 is 33.4 Å². The predicted molar refractivity (Wildman–Crippen MR) is 106 cm³/mol. The Labute approximate surface area is 175 Å². The first-order valence-electron chi connectivity index (χ1n) is 9.80. The lowest BCUT2D eigenvalue weighted by molar-refractivity contribution is -0.149. The molecular weight excluding hydrogens is 392 g/mol. The molecule has 0 aromatic heterocycles. The van der Waals surface area contributed by atoms with E-state index in [-0.39, 0.29) is 13.0 Å². The largest absolute Gasteiger partial charge is 0.469 e. The van der Waals surface area contributed by atoms with Crippen LogP contribution in [0.5, 0.6) is 0 Å². The Morgan fingerprint density at radius 2 is 1.77 bits per heavy atom. The van der Waals surface area contributed by atoms with Crippen LogP contribution < -0.4 is 5.32 Å². The molecule has 0 aliphatic carbocycles. The van der Waals surface area contributed by atoms with Crippen molar-refractivity contribution in [1.82, 2.24) is 10.2 Å². The maximum absolute atomic E-state index is 12.8. The summed E-state index contributed by atoms with van der Waals surface area (Å²) in [4.78, 5) is 50.4. The molecule has 1 aliphatic heterocycles. The third kappa shape index (κ3) is 6.20. The number of carbonyl (C=O) groups excluding carboxylic acids is 4. The van der Waals surface area contributed by atoms with E-state index in [2.05, 4.69) is 10.1 Å². The summed E-state index contributed by atoms with van der Waals surface area (Å²) in [6, 6.07) is 7.45. The Morgan fingerprint density at radius 3 is 2.40 bits per heavy atom. The number of esters is 2. The summed E-state index contributed by atoms with van der Waals surface area (Å²) in [6.45, 7) is 2.08. The number of hydrogen-bond donors (Lipinski definition) is 1. The number of ether oxygens (including phenoxy) is 3. The van der Waals surface area contributed by atoms with Crippen LogP contribution in [0.3, 0.4) is 0 Å². The Morgan fingerprint density at radius 1 is 1.10 bits per heavy atom. The lowest BCUT2D eigenvalue weighted by atomic mass is 10.0. The fourth-order valence-corrected chi connectivity index (χ4v) is 3.34. The average molecular weight is 420 g/mol. The second-order valence-electron chi connectivity index (χ2n) is 7.14. The van der Waals surface area contributed by atoms with Crippen LogP contribution in [-0.4, -0.2) is 61.7 Å². The summed E-state index contributed by atoms with van der Waals surface area (Å²) in [5, 5.41) is 2.61. The molecular formula is C21H28N2O7. The molecule has 1 saturated heterocycles. The van der Waals surface area contributed by atoms with Gasteiger partial charge in [-0.15, -0.1) is 0 Å². The number of rotatable bonds is 8. The van der Waals surface area contributed by atoms with E-state index in [9.17, 15) is 19.2 Å². The maximum Gasteiger partial charge on any atom is 0.410 e. The van der Waals surface area contributed by atoms with Gasteiger partial charge in [0.2, 0.25) is 5.91 Å². The molecule has 1 fully saturated rings. The normalized spacial score (nSPS) is 17.6. The first-order valence-corrected chi connectivity index (χ1v) is 9.80. The van der Waals surface area contributed by atoms with Gasteiger partial charge in [-0.25, -0.2) is 9.59 Å². The molecule has 0 unspecified atom stereocenters. The molecule has 9 nitrogen and oxygen atoms in total. The number of likely N-dealkylation sites (tertiary alicyclic amines) is 1. The third-order valence-electron chi connectivity index (χ3n) is 4.99. The van der Waals surface area contributed by atoms with Gasteiger partial charge in [-0.05, 0) is 24.8 Å². The zero-order chi connectivity index (χ0) is 22.1. The number of hydrogen-bond acceptors (Lipinski definition) is 7. The van der Waals surface area contributed by atoms with Crippen molar-refractivity contribution >= 4 is 23.9 Å². The highest BCUT2D eigenvalue weighted by Gasteiger charge is 2.37. The molecule has 2 amide bonds. The van der Waals surface area contributed by atoms with Crippen LogP contribution in [0.4, 0.5) is 4.79 Å². The van der Waals surface area contributed by atoms with Crippen LogP contribution in [0.25, 0.3) is 0 Å². The fourth-order valence-electron chi connectivity index (χ4n) is 3.34. The molecule has 1 N–H and O–H groups in total. The second-order valence-corrected chi connectivity index (χ2v) is 7.14. The maximum atomic E-state index is 12.8. The van der Waals surface area contributed by atoms with Crippen molar-refractivity contribution in [3.8, 4) is 0 Å². The third-order valence-corrected chi connectivity index (χ3v) is 4.99. The Hall–Kier alpha value is -3.10. The van der Waals surface area contributed by atoms with Gasteiger partial charge in [0.15, 0.2) is 0 Å². The molecule has 0 bridgehead atoms. The number of nitrogens with one attached hydrogen (secondary N) is 1. The van der Waals surface area contributed by atoms with Crippen LogP contribution >= 0.6 is 0 Å². The van der Waals surface area contributed by atoms with Crippen LogP contribution in [0.1, 0.15) is 31.7 Å². The van der Waals surface area contributed by atoms with E-state index in [0.29, 0.717) is 19.4 Å². The molecule has 0 radical (unpaired) electrons. The number of amides is 2. The van der Waals surface area contributed by atoms with Gasteiger partial charge in [-0.3, -0.25) is 14.5 Å². The lowest BCUT2D eigenvalue weighted by Crippen LogP contribution is -2.51. The van der Waals surface area contributed by atoms with Gasteiger partial charge in [0.1, 0.15) is 18.7 Å². The number of carbonyl (C=O) groups is 4. The number of nitrogens with zero attached hydrogens (tertiary/aromatic N) is 1. The molecule has 0 saturated carbocycles. The van der Waals surface area contributed by atoms with E-state index in [1.165, 1.54) is 19.1 Å². The Kier molecular flexibility index (Phi) is 8.64. The van der Waals surface area contributed by atoms with Crippen LogP contribution in [0, 0.1) is 5.92 Å². The molecule has 1 aromatic rings. The summed E-state index contributed by atoms with van der Waals surface area (Å²) in [5.41, 5.74) is 0.841. The minimum atomic E-state index is -1.03. The van der Waals surface area contributed by atoms with Gasteiger partial charge in [-0.2, -0.15) is 0 Å². The standard InChI is InChI=1S/C21H28N2O7/c1-14(19(25)28-2)12-16(20(26)29-3)22-18(24)17-10-7-11-23(17)21(27)30-13-15-8-5-4-6-9-15/h4-6,8-9,14,16-17H,7,10-13H2,1-3H3,(H,22,24)/t14-,16+,17-/m1/s1. The van der Waals surface area contributed by atoms with E-state index in [1.807, 2.05) is 30.3 Å². The SMILES string of the molecule is COC(=O)[C@H](C)C[C@H](NC(=O)[C@H]1CCCN1C(=O)OCc1ccccc1)C(=O)OC. The zero-order valence-electron chi connectivity index (χ0n) is 17.5. The van der Waals surface area contributed by atoms with Crippen molar-refractivity contribution in [3.63, 3.8) is 0 Å². The highest BCUT2D eigenvalue weighted by Crippen LogP contribution is 2.20. The van der Waals surface area contributed by atoms with Crippen molar-refractivity contribution in [2.24, 2.45) is 5.92 Å². The van der Waals surface area contributed by atoms with E-state index >= 15 is 0 Å². The highest BCUT2D eigenvalue weighted by molar-refractivity contribution is 5.90.